The number of carbonyl (C=O) groups excluding carboxylic acids is 2. The van der Waals surface area contributed by atoms with E-state index in [1.807, 2.05) is 0 Å². The van der Waals surface area contributed by atoms with E-state index in [0.717, 1.165) is 10.5 Å². The molecule has 2 N–H and O–H groups in total. The summed E-state index contributed by atoms with van der Waals surface area (Å²) in [7, 11) is 0. The summed E-state index contributed by atoms with van der Waals surface area (Å²) >= 11 is 3.28. The molecule has 0 aromatic heterocycles. The van der Waals surface area contributed by atoms with E-state index in [0.29, 0.717) is 5.56 Å². The van der Waals surface area contributed by atoms with Crippen molar-refractivity contribution in [2.24, 2.45) is 0 Å². The lowest BCUT2D eigenvalue weighted by atomic mass is 10.1. The number of hydrogen-bond donors (Lipinski definition) is 2. The Morgan fingerprint density at radius 3 is 2.31 bits per heavy atom. The standard InChI is InChI=1S/C22H15BrF2N2O2/c23-16-10-8-14(9-11-16)21(28)27-20(12-15-4-1-2-7-19(15)25)22(29)26-18-6-3-5-17(24)13-18/h1-13H,(H,26,29)(H,27,28). The first-order chi connectivity index (χ1) is 13.9. The third-order valence-electron chi connectivity index (χ3n) is 3.89. The highest BCUT2D eigenvalue weighted by Crippen LogP contribution is 2.15. The van der Waals surface area contributed by atoms with Crippen molar-refractivity contribution in [3.05, 3.63) is 106 Å². The molecule has 0 bridgehead atoms. The van der Waals surface area contributed by atoms with Gasteiger partial charge in [0.1, 0.15) is 17.3 Å². The fourth-order valence-electron chi connectivity index (χ4n) is 2.47. The van der Waals surface area contributed by atoms with Crippen LogP contribution < -0.4 is 10.6 Å². The van der Waals surface area contributed by atoms with Crippen molar-refractivity contribution >= 4 is 39.5 Å². The molecule has 0 aliphatic rings. The van der Waals surface area contributed by atoms with E-state index < -0.39 is 23.4 Å². The van der Waals surface area contributed by atoms with Crippen molar-refractivity contribution in [1.29, 1.82) is 0 Å². The lowest BCUT2D eigenvalue weighted by Gasteiger charge is -2.12. The van der Waals surface area contributed by atoms with Crippen LogP contribution in [0.5, 0.6) is 0 Å². The first-order valence-electron chi connectivity index (χ1n) is 8.52. The minimum Gasteiger partial charge on any atom is -0.321 e. The number of anilines is 1. The highest BCUT2D eigenvalue weighted by atomic mass is 79.9. The third kappa shape index (κ3) is 5.58. The van der Waals surface area contributed by atoms with Gasteiger partial charge in [0, 0.05) is 21.3 Å². The first kappa shape index (κ1) is 20.4. The second-order valence-electron chi connectivity index (χ2n) is 6.01. The van der Waals surface area contributed by atoms with Gasteiger partial charge in [-0.1, -0.05) is 40.2 Å². The van der Waals surface area contributed by atoms with Gasteiger partial charge in [0.05, 0.1) is 0 Å². The predicted molar refractivity (Wildman–Crippen MR) is 111 cm³/mol. The van der Waals surface area contributed by atoms with Gasteiger partial charge in [-0.15, -0.1) is 0 Å². The molecule has 0 aliphatic heterocycles. The zero-order valence-corrected chi connectivity index (χ0v) is 16.5. The Balaban J connectivity index is 1.90. The Hall–Kier alpha value is -3.32. The molecule has 2 amide bonds. The number of carbonyl (C=O) groups is 2. The van der Waals surface area contributed by atoms with E-state index in [1.54, 1.807) is 30.3 Å². The van der Waals surface area contributed by atoms with Gasteiger partial charge in [-0.05, 0) is 54.6 Å². The second kappa shape index (κ2) is 9.25. The van der Waals surface area contributed by atoms with Crippen molar-refractivity contribution in [1.82, 2.24) is 5.32 Å². The monoisotopic (exact) mass is 456 g/mol. The molecule has 0 spiro atoms. The van der Waals surface area contributed by atoms with Crippen LogP contribution in [-0.4, -0.2) is 11.8 Å². The van der Waals surface area contributed by atoms with Crippen LogP contribution in [0.3, 0.4) is 0 Å². The molecular formula is C22H15BrF2N2O2. The predicted octanol–water partition coefficient (Wildman–Crippen LogP) is 5.14. The maximum absolute atomic E-state index is 14.1. The topological polar surface area (TPSA) is 58.2 Å². The molecule has 4 nitrogen and oxygen atoms in total. The fourth-order valence-corrected chi connectivity index (χ4v) is 2.73. The molecule has 146 valence electrons. The maximum atomic E-state index is 14.1. The van der Waals surface area contributed by atoms with Gasteiger partial charge in [-0.2, -0.15) is 0 Å². The van der Waals surface area contributed by atoms with Gasteiger partial charge < -0.3 is 10.6 Å². The van der Waals surface area contributed by atoms with E-state index in [4.69, 9.17) is 0 Å². The van der Waals surface area contributed by atoms with Crippen LogP contribution >= 0.6 is 15.9 Å². The van der Waals surface area contributed by atoms with Crippen molar-refractivity contribution in [3.63, 3.8) is 0 Å². The molecule has 0 saturated heterocycles. The highest BCUT2D eigenvalue weighted by molar-refractivity contribution is 9.10. The summed E-state index contributed by atoms with van der Waals surface area (Å²) in [6.07, 6.45) is 1.22. The fraction of sp³-hybridized carbons (Fsp3) is 0. The largest absolute Gasteiger partial charge is 0.321 e. The molecule has 7 heteroatoms. The summed E-state index contributed by atoms with van der Waals surface area (Å²) in [5.74, 6) is -2.35. The molecule has 0 atom stereocenters. The summed E-state index contributed by atoms with van der Waals surface area (Å²) in [4.78, 5) is 25.3. The van der Waals surface area contributed by atoms with E-state index >= 15 is 0 Å². The Morgan fingerprint density at radius 2 is 1.62 bits per heavy atom. The summed E-state index contributed by atoms with van der Waals surface area (Å²) in [5.41, 5.74) is 0.443. The number of hydrogen-bond acceptors (Lipinski definition) is 2. The van der Waals surface area contributed by atoms with Crippen molar-refractivity contribution in [3.8, 4) is 0 Å². The first-order valence-corrected chi connectivity index (χ1v) is 9.32. The van der Waals surface area contributed by atoms with Crippen LogP contribution in [-0.2, 0) is 4.79 Å². The molecule has 29 heavy (non-hydrogen) atoms. The number of rotatable bonds is 5. The van der Waals surface area contributed by atoms with Crippen molar-refractivity contribution in [2.75, 3.05) is 5.32 Å². The zero-order valence-electron chi connectivity index (χ0n) is 15.0. The minimum atomic E-state index is -0.718. The number of halogens is 3. The average Bonchev–Trinajstić information content (AvgIpc) is 2.69. The lowest BCUT2D eigenvalue weighted by molar-refractivity contribution is -0.113. The Bertz CT molecular complexity index is 1080. The van der Waals surface area contributed by atoms with E-state index in [-0.39, 0.29) is 16.9 Å². The molecular weight excluding hydrogens is 442 g/mol. The third-order valence-corrected chi connectivity index (χ3v) is 4.42. The summed E-state index contributed by atoms with van der Waals surface area (Å²) in [6.45, 7) is 0. The average molecular weight is 457 g/mol. The highest BCUT2D eigenvalue weighted by Gasteiger charge is 2.16. The molecule has 3 aromatic rings. The van der Waals surface area contributed by atoms with Crippen LogP contribution in [0, 0.1) is 11.6 Å². The van der Waals surface area contributed by atoms with Gasteiger partial charge in [-0.3, -0.25) is 9.59 Å². The smallest absolute Gasteiger partial charge is 0.272 e. The summed E-state index contributed by atoms with van der Waals surface area (Å²) < 4.78 is 28.2. The van der Waals surface area contributed by atoms with Crippen LogP contribution in [0.1, 0.15) is 15.9 Å². The van der Waals surface area contributed by atoms with Gasteiger partial charge in [-0.25, -0.2) is 8.78 Å². The van der Waals surface area contributed by atoms with Gasteiger partial charge in [0.2, 0.25) is 0 Å². The SMILES string of the molecule is O=C(Nc1cccc(F)c1)C(=Cc1ccccc1F)NC(=O)c1ccc(Br)cc1. The van der Waals surface area contributed by atoms with Crippen molar-refractivity contribution in [2.45, 2.75) is 0 Å². The van der Waals surface area contributed by atoms with Gasteiger partial charge in [0.15, 0.2) is 0 Å². The van der Waals surface area contributed by atoms with E-state index in [1.165, 1.54) is 42.5 Å². The molecule has 3 rings (SSSR count). The molecule has 0 saturated carbocycles. The van der Waals surface area contributed by atoms with Gasteiger partial charge in [0.25, 0.3) is 11.8 Å². The molecule has 0 radical (unpaired) electrons. The lowest BCUT2D eigenvalue weighted by Crippen LogP contribution is -2.30. The number of nitrogens with one attached hydrogen (secondary N) is 2. The molecule has 0 heterocycles. The second-order valence-corrected chi connectivity index (χ2v) is 6.92. The Morgan fingerprint density at radius 1 is 0.897 bits per heavy atom. The van der Waals surface area contributed by atoms with Crippen LogP contribution in [0.15, 0.2) is 83.0 Å². The Kier molecular flexibility index (Phi) is 6.51. The van der Waals surface area contributed by atoms with Crippen molar-refractivity contribution < 1.29 is 18.4 Å². The summed E-state index contributed by atoms with van der Waals surface area (Å²) in [5, 5.41) is 4.99. The van der Waals surface area contributed by atoms with Crippen LogP contribution in [0.4, 0.5) is 14.5 Å². The quantitative estimate of drug-likeness (QED) is 0.522. The Labute approximate surface area is 174 Å². The molecule has 0 unspecified atom stereocenters. The van der Waals surface area contributed by atoms with E-state index in [2.05, 4.69) is 26.6 Å². The van der Waals surface area contributed by atoms with Crippen LogP contribution in [0.25, 0.3) is 6.08 Å². The van der Waals surface area contributed by atoms with E-state index in [9.17, 15) is 18.4 Å². The maximum Gasteiger partial charge on any atom is 0.272 e. The normalized spacial score (nSPS) is 11.1. The zero-order chi connectivity index (χ0) is 20.8. The number of benzene rings is 3. The number of amides is 2. The minimum absolute atomic E-state index is 0.119. The summed E-state index contributed by atoms with van der Waals surface area (Å²) in [6, 6.07) is 17.6. The van der Waals surface area contributed by atoms with Gasteiger partial charge >= 0.3 is 0 Å². The molecule has 0 aliphatic carbocycles. The molecule has 3 aromatic carbocycles. The van der Waals surface area contributed by atoms with Crippen LogP contribution in [0.2, 0.25) is 0 Å². The molecule has 0 fully saturated rings.